The Morgan fingerprint density at radius 3 is 1.73 bits per heavy atom. The Labute approximate surface area is 493 Å². The zero-order valence-electron chi connectivity index (χ0n) is 53.4. The van der Waals surface area contributed by atoms with Crippen molar-refractivity contribution in [1.82, 2.24) is 9.80 Å². The van der Waals surface area contributed by atoms with E-state index in [9.17, 15) is 30.3 Å². The molecule has 3 aromatic rings. The molecule has 0 aliphatic carbocycles. The van der Waals surface area contributed by atoms with Crippen LogP contribution >= 0.6 is 7.26 Å². The molecule has 14 nitrogen and oxygen atoms in total. The Morgan fingerprint density at radius 2 is 1.26 bits per heavy atom. The third-order valence-corrected chi connectivity index (χ3v) is 24.1. The fourth-order valence-electron chi connectivity index (χ4n) is 15.0. The van der Waals surface area contributed by atoms with Gasteiger partial charge < -0.3 is 34.1 Å². The van der Waals surface area contributed by atoms with E-state index in [1.54, 1.807) is 39.5 Å². The summed E-state index contributed by atoms with van der Waals surface area (Å²) >= 11 is 0. The number of benzene rings is 3. The van der Waals surface area contributed by atoms with Gasteiger partial charge in [-0.2, -0.15) is 0 Å². The van der Waals surface area contributed by atoms with Crippen molar-refractivity contribution in [2.45, 2.75) is 246 Å². The van der Waals surface area contributed by atoms with Gasteiger partial charge in [-0.1, -0.05) is 20.8 Å². The van der Waals surface area contributed by atoms with Crippen LogP contribution < -0.4 is 15.9 Å². The van der Waals surface area contributed by atoms with Crippen molar-refractivity contribution in [3.63, 3.8) is 0 Å². The van der Waals surface area contributed by atoms with Gasteiger partial charge in [0.1, 0.15) is 12.2 Å². The fourth-order valence-corrected chi connectivity index (χ4v) is 20.5. The van der Waals surface area contributed by atoms with Gasteiger partial charge in [0.2, 0.25) is 0 Å². The van der Waals surface area contributed by atoms with E-state index in [2.05, 4.69) is 96.1 Å². The number of hydrogen-bond donors (Lipinski definition) is 5. The van der Waals surface area contributed by atoms with Crippen LogP contribution in [0.1, 0.15) is 154 Å². The summed E-state index contributed by atoms with van der Waals surface area (Å²) in [5.41, 5.74) is 2.60. The minimum atomic E-state index is -2.68. The van der Waals surface area contributed by atoms with Gasteiger partial charge in [-0.15, -0.1) is 0 Å². The normalized spacial score (nSPS) is 35.9. The van der Waals surface area contributed by atoms with E-state index >= 15 is 4.79 Å². The van der Waals surface area contributed by atoms with Gasteiger partial charge in [0.15, 0.2) is 6.29 Å². The summed E-state index contributed by atoms with van der Waals surface area (Å²) in [6, 6.07) is 19.8. The number of amides is 1. The molecule has 3 heterocycles. The Kier molecular flexibility index (Phi) is 22.8. The molecule has 3 aliphatic rings. The molecule has 82 heavy (non-hydrogen) atoms. The molecule has 462 valence electrons. The number of aryl methyl sites for hydroxylation is 6. The van der Waals surface area contributed by atoms with Crippen molar-refractivity contribution in [1.29, 1.82) is 0 Å². The van der Waals surface area contributed by atoms with Gasteiger partial charge in [-0.05, 0) is 47.2 Å². The molecule has 0 spiro atoms. The van der Waals surface area contributed by atoms with Gasteiger partial charge >= 0.3 is 315 Å². The second-order valence-corrected chi connectivity index (χ2v) is 31.0. The van der Waals surface area contributed by atoms with Crippen LogP contribution in [0.5, 0.6) is 0 Å². The van der Waals surface area contributed by atoms with E-state index in [4.69, 9.17) is 23.7 Å². The van der Waals surface area contributed by atoms with Crippen molar-refractivity contribution in [2.24, 2.45) is 23.7 Å². The molecule has 6 rings (SSSR count). The summed E-state index contributed by atoms with van der Waals surface area (Å²) in [6.45, 7) is 30.9. The quantitative estimate of drug-likeness (QED) is 0.0557. The standard InChI is InChI=1S/C67H107N2O12P/c1-20-56-67(16,76)60(72)49(12)69(57(70)24-22-21-23-25-82(51-29-39(2)26-40(3)30-51,52-31-41(4)27-42(5)32-52)53-33-43(6)28-44(7)34-53)38-45(8)36-65(14,75)62(81-64-59(71)54(68(17)18)35-46(9)78-64)47(10)58(48(11)63(74)80-56)55-37-66(15,77-19)61(73)50(13)79-55/h26-34,45-50,54-56,58-62,64,71-73,75-76,82H,20-25,35-38H2,1-19H3/t45-,46-,47+,48-,49-,50+,54+,55?,56-,58+,59-,60-,61+,62-,64+,65-,66-,67-/m1/s1. The van der Waals surface area contributed by atoms with Crippen molar-refractivity contribution >= 4 is 35.1 Å². The molecular weight excluding hydrogens is 1060 g/mol. The number of esters is 1. The maximum absolute atomic E-state index is 15.1. The maximum atomic E-state index is 15.1. The number of nitrogens with zero attached hydrogens (tertiary/aromatic N) is 2. The minimum absolute atomic E-state index is 0.0854. The van der Waals surface area contributed by atoms with Crippen LogP contribution in [0, 0.1) is 65.2 Å². The average Bonchev–Trinajstić information content (AvgIpc) is 3.60. The van der Waals surface area contributed by atoms with E-state index in [1.807, 2.05) is 46.7 Å². The molecule has 3 fully saturated rings. The first-order valence-electron chi connectivity index (χ1n) is 30.6. The molecule has 0 saturated carbocycles. The number of aliphatic hydroxyl groups excluding tert-OH is 3. The fraction of sp³-hybridized carbons (Fsp3) is 0.701. The number of aliphatic hydroxyl groups is 5. The second-order valence-electron chi connectivity index (χ2n) is 27.0. The third kappa shape index (κ3) is 15.1. The van der Waals surface area contributed by atoms with Gasteiger partial charge in [0.05, 0.1) is 29.8 Å². The number of carbonyl (C=O) groups excluding carboxylic acids is 2. The first-order valence-corrected chi connectivity index (χ1v) is 32.8. The number of rotatable bonds is 15. The molecule has 0 bridgehead atoms. The van der Waals surface area contributed by atoms with Crippen molar-refractivity contribution in [3.05, 3.63) is 88.0 Å². The Balaban J connectivity index is 1.37. The van der Waals surface area contributed by atoms with Crippen LogP contribution in [0.25, 0.3) is 0 Å². The first kappa shape index (κ1) is 67.8. The number of unbranched alkanes of at least 4 members (excludes halogenated alkanes) is 2. The molecule has 1 amide bonds. The molecule has 3 aromatic carbocycles. The van der Waals surface area contributed by atoms with Crippen molar-refractivity contribution < 1.29 is 58.8 Å². The molecule has 0 radical (unpaired) electrons. The van der Waals surface area contributed by atoms with E-state index < -0.39 is 109 Å². The number of ether oxygens (including phenoxy) is 5. The zero-order chi connectivity index (χ0) is 61.1. The van der Waals surface area contributed by atoms with Crippen LogP contribution in [0.4, 0.5) is 0 Å². The molecule has 3 aliphatic heterocycles. The van der Waals surface area contributed by atoms with E-state index in [0.717, 1.165) is 19.0 Å². The molecule has 15 heteroatoms. The summed E-state index contributed by atoms with van der Waals surface area (Å²) in [5.74, 6) is -3.74. The van der Waals surface area contributed by atoms with Crippen molar-refractivity contribution in [2.75, 3.05) is 33.9 Å². The number of methoxy groups -OCH3 is 1. The molecule has 5 N–H and O–H groups in total. The van der Waals surface area contributed by atoms with Crippen LogP contribution in [-0.4, -0.2) is 165 Å². The molecular formula is C67H107N2O12P. The zero-order valence-corrected chi connectivity index (χ0v) is 54.4. The summed E-state index contributed by atoms with van der Waals surface area (Å²) < 4.78 is 32.4. The predicted octanol–water partition coefficient (Wildman–Crippen LogP) is 8.21. The van der Waals surface area contributed by atoms with Gasteiger partial charge in [-0.3, -0.25) is 4.79 Å². The Hall–Kier alpha value is -3.37. The number of cyclic esters (lactones) is 1. The predicted molar refractivity (Wildman–Crippen MR) is 330 cm³/mol. The van der Waals surface area contributed by atoms with Crippen LogP contribution in [0.2, 0.25) is 0 Å². The van der Waals surface area contributed by atoms with Gasteiger partial charge in [0.25, 0.3) is 0 Å². The Morgan fingerprint density at radius 1 is 0.744 bits per heavy atom. The summed E-state index contributed by atoms with van der Waals surface area (Å²) in [6.07, 6.45) is -4.63. The number of carbonyl (C=O) groups is 2. The van der Waals surface area contributed by atoms with Gasteiger partial charge in [0, 0.05) is 25.5 Å². The molecule has 0 aromatic heterocycles. The van der Waals surface area contributed by atoms with E-state index in [1.165, 1.54) is 63.3 Å². The monoisotopic (exact) mass is 1160 g/mol. The number of likely N-dealkylation sites (N-methyl/N-ethyl adjacent to an activating group) is 1. The van der Waals surface area contributed by atoms with Crippen LogP contribution in [0.3, 0.4) is 0 Å². The summed E-state index contributed by atoms with van der Waals surface area (Å²) in [5, 5.41) is 65.7. The average molecular weight is 1160 g/mol. The molecule has 1 unspecified atom stereocenters. The number of hydrogen-bond acceptors (Lipinski definition) is 13. The van der Waals surface area contributed by atoms with Gasteiger partial charge in [-0.25, -0.2) is 0 Å². The Bertz CT molecular complexity index is 2440. The molecule has 18 atom stereocenters. The van der Waals surface area contributed by atoms with E-state index in [0.29, 0.717) is 12.8 Å². The summed E-state index contributed by atoms with van der Waals surface area (Å²) in [7, 11) is 2.64. The first-order chi connectivity index (χ1) is 38.2. The molecule has 3 saturated heterocycles. The van der Waals surface area contributed by atoms with Crippen LogP contribution in [0.15, 0.2) is 54.6 Å². The van der Waals surface area contributed by atoms with Crippen molar-refractivity contribution in [3.8, 4) is 0 Å². The second kappa shape index (κ2) is 27.6. The van der Waals surface area contributed by atoms with Crippen LogP contribution in [-0.2, 0) is 33.3 Å². The summed E-state index contributed by atoms with van der Waals surface area (Å²) in [4.78, 5) is 33.6. The third-order valence-electron chi connectivity index (χ3n) is 19.2. The van der Waals surface area contributed by atoms with E-state index in [-0.39, 0.29) is 50.3 Å². The topological polar surface area (TPSA) is 188 Å². The SMILES string of the molecule is CC[C@H]1OC(=O)[C@H](C)[C@@H](C2C[C@@](C)(OC)[C@@H](O)[C@H](C)O2)[C@H](C)[C@@H](O[C@@H]2O[C@H](C)C[C@H](N(C)C)[C@H]2O)[C@](C)(O)C[C@@H](C)CN(C(=O)CCCCC[PH](c2cc(C)cc(C)c2)(c2cc(C)cc(C)c2)c2cc(C)cc(C)c2)[C@H](C)[C@@H](O)[C@]1(C)O.